The summed E-state index contributed by atoms with van der Waals surface area (Å²) in [6.07, 6.45) is 4.42. The number of hydrogen-bond donors (Lipinski definition) is 21. The highest BCUT2D eigenvalue weighted by Gasteiger charge is 2.36. The number of benzene rings is 2. The summed E-state index contributed by atoms with van der Waals surface area (Å²) in [4.78, 5) is 289. The number of rotatable bonds is 56. The molecule has 4 aromatic rings. The molecule has 52 heteroatoms. The minimum absolute atomic E-state index is 0.0826. The van der Waals surface area contributed by atoms with Gasteiger partial charge in [0.25, 0.3) is 5.91 Å². The summed E-state index contributed by atoms with van der Waals surface area (Å²) in [5, 5.41) is 87.9. The second-order valence-electron chi connectivity index (χ2n) is 35.4. The molecular formula is C90H137N25O26S. The maximum absolute atomic E-state index is 14.6. The number of amides is 14. The van der Waals surface area contributed by atoms with Gasteiger partial charge in [-0.25, -0.2) is 4.98 Å². The van der Waals surface area contributed by atoms with Crippen LogP contribution < -0.4 is 70.0 Å². The first-order chi connectivity index (χ1) is 67.4. The van der Waals surface area contributed by atoms with Crippen LogP contribution in [0.2, 0.25) is 0 Å². The van der Waals surface area contributed by atoms with Gasteiger partial charge < -0.3 is 115 Å². The zero-order chi connectivity index (χ0) is 105. The van der Waals surface area contributed by atoms with Gasteiger partial charge in [-0.3, -0.25) is 135 Å². The molecule has 0 unspecified atom stereocenters. The fourth-order valence-electron chi connectivity index (χ4n) is 15.5. The zero-order valence-electron chi connectivity index (χ0n) is 80.8. The number of H-pyrrole nitrogens is 2. The van der Waals surface area contributed by atoms with Gasteiger partial charge in [-0.2, -0.15) is 11.8 Å². The third kappa shape index (κ3) is 45.0. The van der Waals surface area contributed by atoms with Gasteiger partial charge in [-0.05, 0) is 85.9 Å². The van der Waals surface area contributed by atoms with Crippen LogP contribution in [0.25, 0.3) is 10.9 Å². The van der Waals surface area contributed by atoms with E-state index in [1.165, 1.54) is 60.4 Å². The van der Waals surface area contributed by atoms with Crippen LogP contribution in [0.3, 0.4) is 0 Å². The van der Waals surface area contributed by atoms with Gasteiger partial charge in [0.1, 0.15) is 42.3 Å². The molecule has 7 atom stereocenters. The summed E-state index contributed by atoms with van der Waals surface area (Å²) in [5.41, 5.74) is 12.8. The van der Waals surface area contributed by atoms with Crippen LogP contribution in [0.1, 0.15) is 94.8 Å². The minimum Gasteiger partial charge on any atom is -0.480 e. The van der Waals surface area contributed by atoms with Crippen LogP contribution in [0.5, 0.6) is 0 Å². The Kier molecular flexibility index (Phi) is 50.7. The van der Waals surface area contributed by atoms with Gasteiger partial charge in [0.05, 0.1) is 65.2 Å². The number of primary amides is 2. The second kappa shape index (κ2) is 61.4. The van der Waals surface area contributed by atoms with Gasteiger partial charge >= 0.3 is 35.8 Å². The monoisotopic (exact) mass is 2020 g/mol. The molecule has 2 aliphatic rings. The largest absolute Gasteiger partial charge is 0.480 e. The number of anilines is 1. The molecule has 784 valence electrons. The van der Waals surface area contributed by atoms with Crippen molar-refractivity contribution in [2.24, 2.45) is 23.3 Å². The number of para-hydroxylation sites is 1. The standard InChI is InChI=1S/C90H137N25O26S/c1-56(2)41-67(88(139)102-65(83(92)134)19-40-142-6)104-89(140)69(43-62-45-93-55-98-62)101-72(118)46-97-90(141)82(57(3)4)106-84(135)58(5)99-87(138)68(42-60-44-96-64-10-8-7-9-63(60)64)105-86(137)66(15-16-70(91)116)103-85(136)59-11-13-61(14-12-59)100-71(117)17-18-75(121)115(22-20-94-73(119)47-107-24-28-109(49-76(122)123)32-36-113(53-80(130)131)37-33-110(29-25-107)50-77(124)125)23-21-95-74(120)48-108-26-30-111(51-78(126)127)34-38-114(54-81(132)133)39-35-112(31-27-108)52-79(128)129/h7-14,44-45,55-58,65-69,82,96H,15-43,46-54H2,1-6H3,(H2,91,116)(H2,92,134)(H,93,98)(H,94,119)(H,95,120)(H,97,141)(H,99,138)(H,100,117)(H,101,118)(H,102,139)(H,103,136)(H,104,140)(H,105,137)(H,106,135)(H,122,123)(H,124,125)(H,126,127)(H,128,129)(H,130,131)(H,132,133)/t58-,65-,66-,67-,68-,69-,82-/m0/s1. The molecule has 6 rings (SSSR count). The quantitative estimate of drug-likeness (QED) is 0.0195. The molecule has 2 fully saturated rings. The average molecular weight is 2020 g/mol. The molecule has 0 spiro atoms. The first kappa shape index (κ1) is 117. The number of carbonyl (C=O) groups excluding carboxylic acids is 14. The number of nitrogens with two attached hydrogens (primary N) is 2. The summed E-state index contributed by atoms with van der Waals surface area (Å²) < 4.78 is 0. The lowest BCUT2D eigenvalue weighted by molar-refractivity contribution is -0.140. The summed E-state index contributed by atoms with van der Waals surface area (Å²) in [7, 11) is 0. The molecule has 2 aromatic heterocycles. The molecule has 51 nitrogen and oxygen atoms in total. The van der Waals surface area contributed by atoms with Gasteiger partial charge in [-0.15, -0.1) is 0 Å². The molecule has 14 amide bonds. The van der Waals surface area contributed by atoms with E-state index in [1.54, 1.807) is 83.5 Å². The number of hydrogen-bond acceptors (Lipinski definition) is 30. The molecule has 0 radical (unpaired) electrons. The van der Waals surface area contributed by atoms with Crippen molar-refractivity contribution in [3.05, 3.63) is 84.1 Å². The minimum atomic E-state index is -1.57. The summed E-state index contributed by atoms with van der Waals surface area (Å²) in [6, 6.07) is 2.84. The molecule has 0 aliphatic carbocycles. The van der Waals surface area contributed by atoms with E-state index >= 15 is 0 Å². The fourth-order valence-corrected chi connectivity index (χ4v) is 16.0. The molecule has 23 N–H and O–H groups in total. The number of fused-ring (bicyclic) bond motifs is 1. The molecule has 0 bridgehead atoms. The maximum atomic E-state index is 14.6. The topological polar surface area (TPSA) is 721 Å². The van der Waals surface area contributed by atoms with Crippen molar-refractivity contribution in [3.8, 4) is 0 Å². The Hall–Kier alpha value is -13.4. The van der Waals surface area contributed by atoms with Crippen molar-refractivity contribution >= 4 is 147 Å². The normalized spacial score (nSPS) is 16.1. The van der Waals surface area contributed by atoms with Gasteiger partial charge in [0.2, 0.25) is 76.8 Å². The number of aromatic amines is 2. The number of carboxylic acids is 6. The zero-order valence-corrected chi connectivity index (χ0v) is 81.6. The predicted octanol–water partition coefficient (Wildman–Crippen LogP) is -6.54. The van der Waals surface area contributed by atoms with Crippen molar-refractivity contribution in [2.75, 3.05) is 207 Å². The smallest absolute Gasteiger partial charge is 0.317 e. The molecule has 142 heavy (non-hydrogen) atoms. The number of nitrogens with zero attached hydrogens (tertiary/aromatic N) is 10. The van der Waals surface area contributed by atoms with Crippen molar-refractivity contribution in [2.45, 2.75) is 128 Å². The Morgan fingerprint density at radius 3 is 1.31 bits per heavy atom. The van der Waals surface area contributed by atoms with E-state index in [-0.39, 0.29) is 200 Å². The van der Waals surface area contributed by atoms with Crippen molar-refractivity contribution in [1.29, 1.82) is 0 Å². The molecule has 4 heterocycles. The molecular weight excluding hydrogens is 1880 g/mol. The lowest BCUT2D eigenvalue weighted by Crippen LogP contribution is -2.59. The number of nitrogens with one attached hydrogen (secondary N) is 13. The number of thioether (sulfide) groups is 1. The molecule has 2 aromatic carbocycles. The lowest BCUT2D eigenvalue weighted by Gasteiger charge is -2.33. The first-order valence-electron chi connectivity index (χ1n) is 46.7. The second-order valence-corrected chi connectivity index (χ2v) is 36.4. The van der Waals surface area contributed by atoms with E-state index < -0.39 is 225 Å². The fraction of sp³-hybridized carbons (Fsp3) is 0.589. The van der Waals surface area contributed by atoms with Gasteiger partial charge in [0.15, 0.2) is 0 Å². The Labute approximate surface area is 824 Å². The van der Waals surface area contributed by atoms with Crippen molar-refractivity contribution < 1.29 is 127 Å². The van der Waals surface area contributed by atoms with E-state index in [4.69, 9.17) is 11.5 Å². The highest BCUT2D eigenvalue weighted by Crippen LogP contribution is 2.21. The van der Waals surface area contributed by atoms with Crippen molar-refractivity contribution in [3.63, 3.8) is 0 Å². The van der Waals surface area contributed by atoms with Crippen LogP contribution in [0.4, 0.5) is 5.69 Å². The van der Waals surface area contributed by atoms with E-state index in [2.05, 4.69) is 73.4 Å². The SMILES string of the molecule is CSCC[C@H](NC(=O)[C@H](CC(C)C)NC(=O)[C@H](Cc1cnc[nH]1)NC(=O)CNC(=O)[C@@H](NC(=O)[C@H](C)NC(=O)[C@H](Cc1c[nH]c2ccccc12)NC(=O)[C@H](CCC(N)=O)NC(=O)c1ccc(NC(=O)CCC(=O)N(CCNC(=O)CN2CCN(CC(=O)O)CCN(CC(=O)O)CCN(CC(=O)O)CC2)CCNC(=O)CN2CCN(CC(=O)O)CCN(CC(=O)O)CCN(CC(=O)O)CC2)cc1)C(C)C)C(N)=O. The Balaban J connectivity index is 1.13. The summed E-state index contributed by atoms with van der Waals surface area (Å²) in [5.74, 6) is -18.1. The number of aromatic nitrogens is 3. The summed E-state index contributed by atoms with van der Waals surface area (Å²) in [6.45, 7) is 5.52. The van der Waals surface area contributed by atoms with Crippen LogP contribution in [0, 0.1) is 11.8 Å². The average Bonchev–Trinajstić information content (AvgIpc) is 1.65. The van der Waals surface area contributed by atoms with E-state index in [1.807, 2.05) is 20.1 Å². The third-order valence-corrected chi connectivity index (χ3v) is 23.8. The van der Waals surface area contributed by atoms with Gasteiger partial charge in [-0.1, -0.05) is 45.9 Å². The number of imidazole rings is 1. The Bertz CT molecular complexity index is 4750. The maximum Gasteiger partial charge on any atom is 0.317 e. The van der Waals surface area contributed by atoms with Crippen molar-refractivity contribution in [1.82, 2.24) is 112 Å². The molecule has 2 saturated heterocycles. The van der Waals surface area contributed by atoms with E-state index in [9.17, 15) is 127 Å². The molecule has 2 aliphatic heterocycles. The van der Waals surface area contributed by atoms with E-state index in [0.717, 1.165) is 0 Å². The Morgan fingerprint density at radius 1 is 0.437 bits per heavy atom. The van der Waals surface area contributed by atoms with Crippen LogP contribution in [0.15, 0.2) is 67.3 Å². The summed E-state index contributed by atoms with van der Waals surface area (Å²) >= 11 is 1.44. The third-order valence-electron chi connectivity index (χ3n) is 23.2. The van der Waals surface area contributed by atoms with Crippen LogP contribution >= 0.6 is 11.8 Å². The predicted molar refractivity (Wildman–Crippen MR) is 515 cm³/mol. The highest BCUT2D eigenvalue weighted by molar-refractivity contribution is 7.98. The number of carboxylic acid groups (broad SMARTS) is 6. The van der Waals surface area contributed by atoms with Gasteiger partial charge in [0, 0.05) is 203 Å². The lowest BCUT2D eigenvalue weighted by atomic mass is 10.0. The highest BCUT2D eigenvalue weighted by atomic mass is 32.2. The number of carbonyl (C=O) groups is 20. The first-order valence-corrected chi connectivity index (χ1v) is 48.1. The number of aliphatic carboxylic acids is 6. The van der Waals surface area contributed by atoms with Crippen LogP contribution in [-0.4, -0.2) is 452 Å². The Morgan fingerprint density at radius 2 is 0.873 bits per heavy atom. The molecule has 0 saturated carbocycles. The van der Waals surface area contributed by atoms with Crippen LogP contribution in [-0.2, 0) is 104 Å². The van der Waals surface area contributed by atoms with E-state index in [0.29, 0.717) is 27.9 Å².